The van der Waals surface area contributed by atoms with Crippen molar-refractivity contribution in [3.05, 3.63) is 83.2 Å². The number of hydrogen-bond donors (Lipinski definition) is 1. The Hall–Kier alpha value is -3.52. The summed E-state index contributed by atoms with van der Waals surface area (Å²) in [4.78, 5) is 14.9. The second-order valence-corrected chi connectivity index (χ2v) is 9.93. The minimum atomic E-state index is -0.179. The van der Waals surface area contributed by atoms with Crippen LogP contribution in [0.25, 0.3) is 5.69 Å². The van der Waals surface area contributed by atoms with E-state index < -0.39 is 0 Å². The zero-order valence-corrected chi connectivity index (χ0v) is 18.9. The summed E-state index contributed by atoms with van der Waals surface area (Å²) in [6.45, 7) is 8.09. The molecule has 1 amide bonds. The summed E-state index contributed by atoms with van der Waals surface area (Å²) in [5, 5.41) is 12.8. The fraction of sp³-hybridized carbons (Fsp3) is 0.333. The molecule has 0 atom stereocenters. The van der Waals surface area contributed by atoms with E-state index in [9.17, 15) is 4.79 Å². The van der Waals surface area contributed by atoms with Gasteiger partial charge < -0.3 is 14.8 Å². The summed E-state index contributed by atoms with van der Waals surface area (Å²) in [7, 11) is 0. The molecule has 1 spiro atoms. The molecule has 3 heterocycles. The molecular weight excluding hydrogens is 396 g/mol. The highest BCUT2D eigenvalue weighted by Crippen LogP contribution is 2.44. The Labute approximate surface area is 189 Å². The van der Waals surface area contributed by atoms with Gasteiger partial charge in [0.1, 0.15) is 0 Å². The van der Waals surface area contributed by atoms with Crippen LogP contribution in [0.1, 0.15) is 60.8 Å². The van der Waals surface area contributed by atoms with Crippen molar-refractivity contribution >= 4 is 11.6 Å². The van der Waals surface area contributed by atoms with Crippen LogP contribution in [0.2, 0.25) is 0 Å². The maximum Gasteiger partial charge on any atom is 0.253 e. The topological polar surface area (TPSA) is 61.1 Å². The first-order chi connectivity index (χ1) is 15.3. The second kappa shape index (κ2) is 7.27. The summed E-state index contributed by atoms with van der Waals surface area (Å²) in [6.07, 6.45) is 3.84. The number of hydrogen-bond acceptors (Lipinski definition) is 3. The van der Waals surface area contributed by atoms with Crippen LogP contribution in [0.15, 0.2) is 60.8 Å². The number of amides is 1. The van der Waals surface area contributed by atoms with Gasteiger partial charge >= 0.3 is 0 Å². The number of nitrogens with one attached hydrogen (secondary N) is 1. The van der Waals surface area contributed by atoms with Crippen molar-refractivity contribution < 1.29 is 4.79 Å². The number of nitriles is 1. The van der Waals surface area contributed by atoms with E-state index in [0.29, 0.717) is 24.2 Å². The van der Waals surface area contributed by atoms with E-state index >= 15 is 0 Å². The lowest BCUT2D eigenvalue weighted by atomic mass is 9.81. The Morgan fingerprint density at radius 3 is 2.44 bits per heavy atom. The standard InChI is InChI=1S/C27H28N4O/c1-26(2,3)21-10-11-22-23(17-21)31-14-4-5-24(31)27(29-22)12-15-30(16-13-27)25(32)20-8-6-19(18-28)7-9-20/h4-11,14,17,29H,12-13,15-16H2,1-3H3. The van der Waals surface area contributed by atoms with Crippen LogP contribution in [0.5, 0.6) is 0 Å². The lowest BCUT2D eigenvalue weighted by Crippen LogP contribution is -2.51. The van der Waals surface area contributed by atoms with Gasteiger partial charge in [0.2, 0.25) is 0 Å². The molecule has 2 aliphatic rings. The molecule has 0 saturated carbocycles. The average Bonchev–Trinajstić information content (AvgIpc) is 3.30. The van der Waals surface area contributed by atoms with Gasteiger partial charge in [-0.05, 0) is 72.4 Å². The van der Waals surface area contributed by atoms with Gasteiger partial charge in [0.15, 0.2) is 0 Å². The third-order valence-electron chi connectivity index (χ3n) is 6.90. The van der Waals surface area contributed by atoms with E-state index in [2.05, 4.69) is 73.3 Å². The predicted molar refractivity (Wildman–Crippen MR) is 126 cm³/mol. The van der Waals surface area contributed by atoms with Crippen LogP contribution < -0.4 is 5.32 Å². The Kier molecular flexibility index (Phi) is 4.63. The van der Waals surface area contributed by atoms with E-state index in [1.54, 1.807) is 24.3 Å². The minimum absolute atomic E-state index is 0.0331. The highest BCUT2D eigenvalue weighted by atomic mass is 16.2. The zero-order chi connectivity index (χ0) is 22.5. The quantitative estimate of drug-likeness (QED) is 0.584. The molecule has 5 nitrogen and oxygen atoms in total. The van der Waals surface area contributed by atoms with Gasteiger partial charge in [0, 0.05) is 30.5 Å². The van der Waals surface area contributed by atoms with Crippen molar-refractivity contribution in [2.24, 2.45) is 0 Å². The number of piperidine rings is 1. The molecule has 2 aliphatic heterocycles. The molecule has 0 bridgehead atoms. The van der Waals surface area contributed by atoms with Crippen molar-refractivity contribution in [2.45, 2.75) is 44.6 Å². The van der Waals surface area contributed by atoms with E-state index in [1.807, 2.05) is 4.90 Å². The van der Waals surface area contributed by atoms with Crippen molar-refractivity contribution in [3.63, 3.8) is 0 Å². The maximum atomic E-state index is 13.0. The number of carbonyl (C=O) groups is 1. The lowest BCUT2D eigenvalue weighted by molar-refractivity contribution is 0.0676. The van der Waals surface area contributed by atoms with Crippen LogP contribution in [-0.2, 0) is 11.0 Å². The van der Waals surface area contributed by atoms with E-state index in [-0.39, 0.29) is 16.9 Å². The Morgan fingerprint density at radius 2 is 1.78 bits per heavy atom. The first-order valence-corrected chi connectivity index (χ1v) is 11.2. The van der Waals surface area contributed by atoms with Gasteiger partial charge in [-0.25, -0.2) is 0 Å². The van der Waals surface area contributed by atoms with Crippen molar-refractivity contribution in [3.8, 4) is 11.8 Å². The average molecular weight is 425 g/mol. The number of rotatable bonds is 1. The highest BCUT2D eigenvalue weighted by Gasteiger charge is 2.42. The van der Waals surface area contributed by atoms with Gasteiger partial charge in [0.25, 0.3) is 5.91 Å². The van der Waals surface area contributed by atoms with Crippen molar-refractivity contribution in [1.29, 1.82) is 5.26 Å². The molecule has 0 unspecified atom stereocenters. The maximum absolute atomic E-state index is 13.0. The summed E-state index contributed by atoms with van der Waals surface area (Å²) >= 11 is 0. The molecule has 1 saturated heterocycles. The van der Waals surface area contributed by atoms with Gasteiger partial charge in [-0.2, -0.15) is 5.26 Å². The SMILES string of the molecule is CC(C)(C)c1ccc2c(c1)-n1cccc1C1(CCN(C(=O)c3ccc(C#N)cc3)CC1)N2. The molecule has 0 aliphatic carbocycles. The molecule has 32 heavy (non-hydrogen) atoms. The molecule has 162 valence electrons. The summed E-state index contributed by atoms with van der Waals surface area (Å²) in [5.41, 5.74) is 6.04. The van der Waals surface area contributed by atoms with Crippen molar-refractivity contribution in [2.75, 3.05) is 18.4 Å². The number of likely N-dealkylation sites (tertiary alicyclic amines) is 1. The molecule has 5 rings (SSSR count). The predicted octanol–water partition coefficient (Wildman–Crippen LogP) is 5.20. The van der Waals surface area contributed by atoms with Gasteiger partial charge in [-0.15, -0.1) is 0 Å². The van der Waals surface area contributed by atoms with Crippen LogP contribution >= 0.6 is 0 Å². The molecule has 2 aromatic carbocycles. The Morgan fingerprint density at radius 1 is 1.06 bits per heavy atom. The van der Waals surface area contributed by atoms with Crippen LogP contribution in [0.3, 0.4) is 0 Å². The number of aromatic nitrogens is 1. The fourth-order valence-electron chi connectivity index (χ4n) is 4.95. The van der Waals surface area contributed by atoms with E-state index in [4.69, 9.17) is 5.26 Å². The lowest BCUT2D eigenvalue weighted by Gasteiger charge is -2.46. The minimum Gasteiger partial charge on any atom is -0.372 e. The molecule has 1 fully saturated rings. The van der Waals surface area contributed by atoms with Crippen molar-refractivity contribution in [1.82, 2.24) is 9.47 Å². The van der Waals surface area contributed by atoms with E-state index in [0.717, 1.165) is 18.5 Å². The number of nitrogens with zero attached hydrogens (tertiary/aromatic N) is 3. The Bertz CT molecular complexity index is 1220. The number of anilines is 1. The van der Waals surface area contributed by atoms with Gasteiger partial charge in [-0.1, -0.05) is 26.8 Å². The smallest absolute Gasteiger partial charge is 0.253 e. The summed E-state index contributed by atoms with van der Waals surface area (Å²) in [6, 6.07) is 20.1. The monoisotopic (exact) mass is 424 g/mol. The fourth-order valence-corrected chi connectivity index (χ4v) is 4.95. The Balaban J connectivity index is 1.40. The van der Waals surface area contributed by atoms with Gasteiger partial charge in [-0.3, -0.25) is 4.79 Å². The largest absolute Gasteiger partial charge is 0.372 e. The zero-order valence-electron chi connectivity index (χ0n) is 18.9. The molecule has 1 aromatic heterocycles. The third kappa shape index (κ3) is 3.27. The molecule has 3 aromatic rings. The highest BCUT2D eigenvalue weighted by molar-refractivity contribution is 5.94. The summed E-state index contributed by atoms with van der Waals surface area (Å²) in [5.74, 6) is 0.0331. The second-order valence-electron chi connectivity index (χ2n) is 9.93. The number of fused-ring (bicyclic) bond motifs is 4. The third-order valence-corrected chi connectivity index (χ3v) is 6.90. The number of benzene rings is 2. The molecule has 5 heteroatoms. The molecular formula is C27H28N4O. The molecule has 1 N–H and O–H groups in total. The van der Waals surface area contributed by atoms with Crippen LogP contribution in [0, 0.1) is 11.3 Å². The first-order valence-electron chi connectivity index (χ1n) is 11.2. The van der Waals surface area contributed by atoms with Crippen LogP contribution in [-0.4, -0.2) is 28.5 Å². The first kappa shape index (κ1) is 20.4. The normalized spacial score (nSPS) is 16.6. The molecule has 0 radical (unpaired) electrons. The van der Waals surface area contributed by atoms with E-state index in [1.165, 1.54) is 16.9 Å². The number of carbonyl (C=O) groups excluding carboxylic acids is 1. The van der Waals surface area contributed by atoms with Crippen LogP contribution in [0.4, 0.5) is 5.69 Å². The van der Waals surface area contributed by atoms with Gasteiger partial charge in [0.05, 0.1) is 28.5 Å². The summed E-state index contributed by atoms with van der Waals surface area (Å²) < 4.78 is 2.32.